The summed E-state index contributed by atoms with van der Waals surface area (Å²) < 4.78 is 5.30. The number of anilines is 1. The number of hydrogen-bond donors (Lipinski definition) is 1. The Hall–Kier alpha value is -2.75. The van der Waals surface area contributed by atoms with E-state index in [1.165, 1.54) is 5.56 Å². The fourth-order valence-electron chi connectivity index (χ4n) is 3.39. The molecule has 1 unspecified atom stereocenters. The van der Waals surface area contributed by atoms with Crippen LogP contribution in [0.4, 0.5) is 5.69 Å². The summed E-state index contributed by atoms with van der Waals surface area (Å²) in [5.41, 5.74) is 7.94. The molecule has 1 saturated heterocycles. The molecule has 146 valence electrons. The van der Waals surface area contributed by atoms with Gasteiger partial charge >= 0.3 is 0 Å². The highest BCUT2D eigenvalue weighted by Gasteiger charge is 2.23. The van der Waals surface area contributed by atoms with E-state index in [9.17, 15) is 4.79 Å². The number of nitriles is 1. The van der Waals surface area contributed by atoms with Gasteiger partial charge in [-0.1, -0.05) is 23.7 Å². The molecule has 7 heteroatoms. The van der Waals surface area contributed by atoms with Crippen molar-refractivity contribution < 1.29 is 9.53 Å². The van der Waals surface area contributed by atoms with Gasteiger partial charge < -0.3 is 15.4 Å². The molecule has 0 spiro atoms. The molecule has 0 bridgehead atoms. The number of nitrogens with two attached hydrogens (primary N) is 1. The van der Waals surface area contributed by atoms with Gasteiger partial charge in [0.05, 0.1) is 22.3 Å². The molecule has 1 aliphatic rings. The van der Waals surface area contributed by atoms with Gasteiger partial charge in [-0.3, -0.25) is 9.69 Å². The zero-order valence-corrected chi connectivity index (χ0v) is 16.5. The SMILES string of the molecule is CC(c1ccc(C#N)cc1)N1CCN(c2ccc(OCC(N)=O)cc2Cl)CC1. The van der Waals surface area contributed by atoms with E-state index < -0.39 is 5.91 Å². The van der Waals surface area contributed by atoms with Crippen molar-refractivity contribution in [1.82, 2.24) is 4.90 Å². The number of halogens is 1. The van der Waals surface area contributed by atoms with Crippen LogP contribution < -0.4 is 15.4 Å². The molecular formula is C21H23ClN4O2. The molecule has 1 atom stereocenters. The number of piperazine rings is 1. The molecule has 6 nitrogen and oxygen atoms in total. The Morgan fingerprint density at radius 3 is 2.46 bits per heavy atom. The lowest BCUT2D eigenvalue weighted by Crippen LogP contribution is -2.47. The predicted molar refractivity (Wildman–Crippen MR) is 109 cm³/mol. The summed E-state index contributed by atoms with van der Waals surface area (Å²) in [6.07, 6.45) is 0. The van der Waals surface area contributed by atoms with E-state index in [1.54, 1.807) is 12.1 Å². The van der Waals surface area contributed by atoms with Crippen LogP contribution in [0.5, 0.6) is 5.75 Å². The number of nitrogens with zero attached hydrogens (tertiary/aromatic N) is 3. The third kappa shape index (κ3) is 4.75. The summed E-state index contributed by atoms with van der Waals surface area (Å²) >= 11 is 6.42. The van der Waals surface area contributed by atoms with Crippen molar-refractivity contribution in [2.75, 3.05) is 37.7 Å². The molecule has 3 rings (SSSR count). The summed E-state index contributed by atoms with van der Waals surface area (Å²) in [5.74, 6) is 0.00771. The van der Waals surface area contributed by atoms with E-state index in [2.05, 4.69) is 22.8 Å². The van der Waals surface area contributed by atoms with Crippen LogP contribution in [0.25, 0.3) is 0 Å². The highest BCUT2D eigenvalue weighted by molar-refractivity contribution is 6.33. The number of carbonyl (C=O) groups excluding carboxylic acids is 1. The van der Waals surface area contributed by atoms with Gasteiger partial charge in [0.25, 0.3) is 5.91 Å². The average molecular weight is 399 g/mol. The Labute approximate surface area is 170 Å². The summed E-state index contributed by atoms with van der Waals surface area (Å²) in [6.45, 7) is 5.58. The summed E-state index contributed by atoms with van der Waals surface area (Å²) in [7, 11) is 0. The first-order valence-electron chi connectivity index (χ1n) is 9.17. The van der Waals surface area contributed by atoms with Gasteiger partial charge in [-0.2, -0.15) is 5.26 Å². The quantitative estimate of drug-likeness (QED) is 0.808. The Morgan fingerprint density at radius 1 is 1.21 bits per heavy atom. The molecule has 1 amide bonds. The molecule has 2 aromatic carbocycles. The molecule has 0 aromatic heterocycles. The van der Waals surface area contributed by atoms with Gasteiger partial charge in [0.15, 0.2) is 6.61 Å². The van der Waals surface area contributed by atoms with Crippen molar-refractivity contribution >= 4 is 23.2 Å². The number of ether oxygens (including phenoxy) is 1. The normalized spacial score (nSPS) is 15.7. The van der Waals surface area contributed by atoms with Crippen LogP contribution in [0.2, 0.25) is 5.02 Å². The van der Waals surface area contributed by atoms with Crippen molar-refractivity contribution in [2.24, 2.45) is 5.73 Å². The largest absolute Gasteiger partial charge is 0.484 e. The highest BCUT2D eigenvalue weighted by atomic mass is 35.5. The van der Waals surface area contributed by atoms with Gasteiger partial charge in [0.1, 0.15) is 5.75 Å². The zero-order chi connectivity index (χ0) is 20.1. The standard InChI is InChI=1S/C21H23ClN4O2/c1-15(17-4-2-16(13-23)3-5-17)25-8-10-26(11-9-25)20-7-6-18(12-19(20)22)28-14-21(24)27/h2-7,12,15H,8-11,14H2,1H3,(H2,24,27). The Morgan fingerprint density at radius 2 is 1.89 bits per heavy atom. The fourth-order valence-corrected chi connectivity index (χ4v) is 3.68. The number of carbonyl (C=O) groups is 1. The Bertz CT molecular complexity index is 871. The topological polar surface area (TPSA) is 82.6 Å². The molecule has 1 heterocycles. The maximum absolute atomic E-state index is 10.8. The van der Waals surface area contributed by atoms with E-state index in [1.807, 2.05) is 30.3 Å². The van der Waals surface area contributed by atoms with Crippen molar-refractivity contribution in [2.45, 2.75) is 13.0 Å². The van der Waals surface area contributed by atoms with Crippen LogP contribution in [0.3, 0.4) is 0 Å². The summed E-state index contributed by atoms with van der Waals surface area (Å²) in [5, 5.41) is 9.53. The van der Waals surface area contributed by atoms with Crippen LogP contribution in [0.1, 0.15) is 24.1 Å². The van der Waals surface area contributed by atoms with Gasteiger partial charge in [0, 0.05) is 38.3 Å². The first-order valence-corrected chi connectivity index (χ1v) is 9.55. The van der Waals surface area contributed by atoms with Crippen LogP contribution in [0, 0.1) is 11.3 Å². The van der Waals surface area contributed by atoms with E-state index in [0.29, 0.717) is 16.3 Å². The van der Waals surface area contributed by atoms with Crippen LogP contribution in [-0.2, 0) is 4.79 Å². The molecular weight excluding hydrogens is 376 g/mol. The second-order valence-corrected chi connectivity index (χ2v) is 7.21. The van der Waals surface area contributed by atoms with Crippen LogP contribution in [-0.4, -0.2) is 43.6 Å². The molecule has 1 aliphatic heterocycles. The lowest BCUT2D eigenvalue weighted by atomic mass is 10.0. The van der Waals surface area contributed by atoms with E-state index >= 15 is 0 Å². The number of primary amides is 1. The maximum Gasteiger partial charge on any atom is 0.255 e. The van der Waals surface area contributed by atoms with E-state index in [-0.39, 0.29) is 12.6 Å². The van der Waals surface area contributed by atoms with Gasteiger partial charge in [-0.25, -0.2) is 0 Å². The average Bonchev–Trinajstić information content (AvgIpc) is 2.72. The Balaban J connectivity index is 1.60. The summed E-state index contributed by atoms with van der Waals surface area (Å²) in [6, 6.07) is 15.7. The second-order valence-electron chi connectivity index (χ2n) is 6.80. The van der Waals surface area contributed by atoms with Crippen molar-refractivity contribution in [3.8, 4) is 11.8 Å². The molecule has 2 N–H and O–H groups in total. The minimum absolute atomic E-state index is 0.165. The first-order chi connectivity index (χ1) is 13.5. The van der Waals surface area contributed by atoms with Crippen molar-refractivity contribution in [3.63, 3.8) is 0 Å². The van der Waals surface area contributed by atoms with Gasteiger partial charge in [-0.15, -0.1) is 0 Å². The minimum atomic E-state index is -0.521. The molecule has 2 aromatic rings. The molecule has 0 aliphatic carbocycles. The second kappa shape index (κ2) is 8.96. The lowest BCUT2D eigenvalue weighted by molar-refractivity contribution is -0.119. The fraction of sp³-hybridized carbons (Fsp3) is 0.333. The van der Waals surface area contributed by atoms with E-state index in [0.717, 1.165) is 31.9 Å². The van der Waals surface area contributed by atoms with Gasteiger partial charge in [0.2, 0.25) is 0 Å². The van der Waals surface area contributed by atoms with Crippen molar-refractivity contribution in [1.29, 1.82) is 5.26 Å². The minimum Gasteiger partial charge on any atom is -0.484 e. The third-order valence-corrected chi connectivity index (χ3v) is 5.33. The number of benzene rings is 2. The number of amides is 1. The molecule has 0 saturated carbocycles. The monoisotopic (exact) mass is 398 g/mol. The molecule has 0 radical (unpaired) electrons. The zero-order valence-electron chi connectivity index (χ0n) is 15.8. The summed E-state index contributed by atoms with van der Waals surface area (Å²) in [4.78, 5) is 15.5. The van der Waals surface area contributed by atoms with Crippen molar-refractivity contribution in [3.05, 3.63) is 58.6 Å². The smallest absolute Gasteiger partial charge is 0.255 e. The number of hydrogen-bond acceptors (Lipinski definition) is 5. The first kappa shape index (κ1) is 20.0. The lowest BCUT2D eigenvalue weighted by Gasteiger charge is -2.39. The maximum atomic E-state index is 10.8. The molecule has 28 heavy (non-hydrogen) atoms. The number of rotatable bonds is 6. The van der Waals surface area contributed by atoms with Crippen LogP contribution in [0.15, 0.2) is 42.5 Å². The third-order valence-electron chi connectivity index (χ3n) is 5.03. The molecule has 1 fully saturated rings. The van der Waals surface area contributed by atoms with Crippen LogP contribution >= 0.6 is 11.6 Å². The van der Waals surface area contributed by atoms with Gasteiger partial charge in [-0.05, 0) is 36.8 Å². The highest BCUT2D eigenvalue weighted by Crippen LogP contribution is 2.31. The van der Waals surface area contributed by atoms with E-state index in [4.69, 9.17) is 27.3 Å². The predicted octanol–water partition coefficient (Wildman–Crippen LogP) is 2.96. The Kier molecular flexibility index (Phi) is 6.40.